The van der Waals surface area contributed by atoms with E-state index in [1.807, 2.05) is 12.1 Å². The summed E-state index contributed by atoms with van der Waals surface area (Å²) in [5, 5.41) is 9.84. The van der Waals surface area contributed by atoms with Gasteiger partial charge in [-0.15, -0.1) is 0 Å². The molecule has 0 unspecified atom stereocenters. The van der Waals surface area contributed by atoms with E-state index in [-0.39, 0.29) is 6.54 Å². The maximum atomic E-state index is 12.3. The highest BCUT2D eigenvalue weighted by atomic mass is 16.6. The van der Waals surface area contributed by atoms with Crippen molar-refractivity contribution in [2.24, 2.45) is 5.41 Å². The molecule has 0 aromatic heterocycles. The van der Waals surface area contributed by atoms with Crippen LogP contribution in [0, 0.1) is 5.41 Å². The van der Waals surface area contributed by atoms with Gasteiger partial charge in [-0.05, 0) is 57.7 Å². The lowest BCUT2D eigenvalue weighted by atomic mass is 9.75. The fraction of sp³-hybridized carbons (Fsp3) is 0.556. The molecular weight excluding hydrogens is 308 g/mol. The number of carbonyl (C=O) groups is 2. The summed E-state index contributed by atoms with van der Waals surface area (Å²) in [7, 11) is 0. The summed E-state index contributed by atoms with van der Waals surface area (Å²) < 4.78 is 5.39. The number of amides is 1. The molecule has 1 aliphatic rings. The molecule has 24 heavy (non-hydrogen) atoms. The van der Waals surface area contributed by atoms with E-state index in [4.69, 9.17) is 10.5 Å². The van der Waals surface area contributed by atoms with Gasteiger partial charge in [-0.2, -0.15) is 0 Å². The summed E-state index contributed by atoms with van der Waals surface area (Å²) in [5.41, 5.74) is 5.65. The average molecular weight is 334 g/mol. The van der Waals surface area contributed by atoms with Gasteiger partial charge < -0.3 is 20.5 Å². The van der Waals surface area contributed by atoms with E-state index in [0.29, 0.717) is 31.5 Å². The monoisotopic (exact) mass is 334 g/mol. The molecule has 1 aromatic rings. The Morgan fingerprint density at radius 3 is 2.67 bits per heavy atom. The molecule has 1 amide bonds. The van der Waals surface area contributed by atoms with E-state index in [0.717, 1.165) is 5.56 Å². The first-order valence-electron chi connectivity index (χ1n) is 8.17. The first-order valence-corrected chi connectivity index (χ1v) is 8.17. The van der Waals surface area contributed by atoms with Crippen molar-refractivity contribution in [3.63, 3.8) is 0 Å². The number of rotatable bonds is 3. The molecule has 3 N–H and O–H groups in total. The van der Waals surface area contributed by atoms with Gasteiger partial charge in [-0.25, -0.2) is 4.79 Å². The zero-order valence-electron chi connectivity index (χ0n) is 14.5. The van der Waals surface area contributed by atoms with E-state index >= 15 is 0 Å². The molecule has 6 heteroatoms. The van der Waals surface area contributed by atoms with Crippen molar-refractivity contribution >= 4 is 17.7 Å². The summed E-state index contributed by atoms with van der Waals surface area (Å²) in [5.74, 6) is -0.891. The number of hydrogen-bond acceptors (Lipinski definition) is 4. The molecule has 0 radical (unpaired) electrons. The predicted molar refractivity (Wildman–Crippen MR) is 91.7 cm³/mol. The Morgan fingerprint density at radius 2 is 2.08 bits per heavy atom. The second-order valence-electron chi connectivity index (χ2n) is 7.51. The SMILES string of the molecule is CC(C)(C)OC(=O)N1CCC[C@@](Cc2cccc(N)c2)(C(=O)O)C1. The Hall–Kier alpha value is -2.24. The third-order valence-electron chi connectivity index (χ3n) is 4.18. The number of ether oxygens (including phenoxy) is 1. The number of nitrogens with two attached hydrogens (primary N) is 1. The Labute approximate surface area is 142 Å². The molecule has 1 fully saturated rings. The number of carbonyl (C=O) groups excluding carboxylic acids is 1. The lowest BCUT2D eigenvalue weighted by Gasteiger charge is -2.40. The number of aliphatic carboxylic acids is 1. The fourth-order valence-corrected chi connectivity index (χ4v) is 3.10. The van der Waals surface area contributed by atoms with Crippen LogP contribution in [-0.4, -0.2) is 40.8 Å². The zero-order chi connectivity index (χ0) is 18.0. The second kappa shape index (κ2) is 6.71. The second-order valence-corrected chi connectivity index (χ2v) is 7.51. The number of hydrogen-bond donors (Lipinski definition) is 2. The number of nitrogen functional groups attached to an aromatic ring is 1. The minimum Gasteiger partial charge on any atom is -0.481 e. The van der Waals surface area contributed by atoms with Crippen LogP contribution in [0.2, 0.25) is 0 Å². The fourth-order valence-electron chi connectivity index (χ4n) is 3.10. The Bertz CT molecular complexity index is 624. The third kappa shape index (κ3) is 4.40. The van der Waals surface area contributed by atoms with E-state index < -0.39 is 23.1 Å². The number of carboxylic acid groups (broad SMARTS) is 1. The van der Waals surface area contributed by atoms with Gasteiger partial charge in [0, 0.05) is 18.8 Å². The Balaban J connectivity index is 2.19. The van der Waals surface area contributed by atoms with Crippen molar-refractivity contribution in [1.82, 2.24) is 4.90 Å². The quantitative estimate of drug-likeness (QED) is 0.829. The smallest absolute Gasteiger partial charge is 0.410 e. The molecule has 0 aliphatic carbocycles. The third-order valence-corrected chi connectivity index (χ3v) is 4.18. The number of piperidine rings is 1. The van der Waals surface area contributed by atoms with Crippen molar-refractivity contribution < 1.29 is 19.4 Å². The molecule has 1 heterocycles. The molecule has 1 atom stereocenters. The van der Waals surface area contributed by atoms with Crippen molar-refractivity contribution in [3.05, 3.63) is 29.8 Å². The molecule has 1 aliphatic heterocycles. The maximum absolute atomic E-state index is 12.3. The molecule has 0 saturated carbocycles. The van der Waals surface area contributed by atoms with Crippen LogP contribution in [-0.2, 0) is 16.0 Å². The predicted octanol–water partition coefficient (Wildman–Crippen LogP) is 2.91. The van der Waals surface area contributed by atoms with Crippen molar-refractivity contribution in [2.75, 3.05) is 18.8 Å². The van der Waals surface area contributed by atoms with Gasteiger partial charge in [-0.1, -0.05) is 12.1 Å². The minimum absolute atomic E-state index is 0.145. The topological polar surface area (TPSA) is 92.9 Å². The van der Waals surface area contributed by atoms with Crippen LogP contribution in [0.3, 0.4) is 0 Å². The van der Waals surface area contributed by atoms with Gasteiger partial charge in [0.05, 0.1) is 5.41 Å². The number of likely N-dealkylation sites (tertiary alicyclic amines) is 1. The summed E-state index contributed by atoms with van der Waals surface area (Å²) in [6.07, 6.45) is 1.04. The van der Waals surface area contributed by atoms with Gasteiger partial charge in [0.2, 0.25) is 0 Å². The average Bonchev–Trinajstić information content (AvgIpc) is 2.45. The molecular formula is C18H26N2O4. The van der Waals surface area contributed by atoms with E-state index in [2.05, 4.69) is 0 Å². The van der Waals surface area contributed by atoms with Crippen LogP contribution in [0.15, 0.2) is 24.3 Å². The minimum atomic E-state index is -1.01. The first kappa shape index (κ1) is 18.1. The molecule has 2 rings (SSSR count). The van der Waals surface area contributed by atoms with Crippen LogP contribution >= 0.6 is 0 Å². The van der Waals surface area contributed by atoms with Crippen LogP contribution < -0.4 is 5.73 Å². The normalized spacial score (nSPS) is 21.4. The summed E-state index contributed by atoms with van der Waals surface area (Å²) in [6, 6.07) is 7.24. The van der Waals surface area contributed by atoms with Gasteiger partial charge in [0.15, 0.2) is 0 Å². The number of carboxylic acids is 1. The van der Waals surface area contributed by atoms with Gasteiger partial charge in [0.25, 0.3) is 0 Å². The van der Waals surface area contributed by atoms with Crippen molar-refractivity contribution in [3.8, 4) is 0 Å². The standard InChI is InChI=1S/C18H26N2O4/c1-17(2,3)24-16(23)20-9-5-8-18(12-20,15(21)22)11-13-6-4-7-14(19)10-13/h4,6-7,10H,5,8-9,11-12,19H2,1-3H3,(H,21,22)/t18-/m0/s1. The molecule has 132 valence electrons. The molecule has 1 saturated heterocycles. The highest BCUT2D eigenvalue weighted by molar-refractivity contribution is 5.77. The number of nitrogens with zero attached hydrogens (tertiary/aromatic N) is 1. The van der Waals surface area contributed by atoms with Gasteiger partial charge in [0.1, 0.15) is 5.60 Å². The Kier molecular flexibility index (Phi) is 5.06. The summed E-state index contributed by atoms with van der Waals surface area (Å²) >= 11 is 0. The van der Waals surface area contributed by atoms with Crippen LogP contribution in [0.25, 0.3) is 0 Å². The molecule has 0 bridgehead atoms. The lowest BCUT2D eigenvalue weighted by Crippen LogP contribution is -2.52. The number of benzene rings is 1. The highest BCUT2D eigenvalue weighted by Gasteiger charge is 2.44. The maximum Gasteiger partial charge on any atom is 0.410 e. The van der Waals surface area contributed by atoms with Crippen molar-refractivity contribution in [1.29, 1.82) is 0 Å². The zero-order valence-corrected chi connectivity index (χ0v) is 14.5. The molecule has 6 nitrogen and oxygen atoms in total. The molecule has 1 aromatic carbocycles. The summed E-state index contributed by atoms with van der Waals surface area (Å²) in [4.78, 5) is 25.8. The van der Waals surface area contributed by atoms with Gasteiger partial charge in [-0.3, -0.25) is 4.79 Å². The van der Waals surface area contributed by atoms with E-state index in [9.17, 15) is 14.7 Å². The highest BCUT2D eigenvalue weighted by Crippen LogP contribution is 2.35. The van der Waals surface area contributed by atoms with Gasteiger partial charge >= 0.3 is 12.1 Å². The number of anilines is 1. The lowest BCUT2D eigenvalue weighted by molar-refractivity contribution is -0.152. The van der Waals surface area contributed by atoms with Crippen LogP contribution in [0.1, 0.15) is 39.2 Å². The van der Waals surface area contributed by atoms with Crippen LogP contribution in [0.5, 0.6) is 0 Å². The van der Waals surface area contributed by atoms with E-state index in [1.165, 1.54) is 4.90 Å². The van der Waals surface area contributed by atoms with Crippen LogP contribution in [0.4, 0.5) is 10.5 Å². The Morgan fingerprint density at radius 1 is 1.38 bits per heavy atom. The largest absolute Gasteiger partial charge is 0.481 e. The first-order chi connectivity index (χ1) is 11.1. The molecule has 0 spiro atoms. The summed E-state index contributed by atoms with van der Waals surface area (Å²) in [6.45, 7) is 6.05. The van der Waals surface area contributed by atoms with Crippen molar-refractivity contribution in [2.45, 2.75) is 45.6 Å². The van der Waals surface area contributed by atoms with E-state index in [1.54, 1.807) is 32.9 Å².